The highest BCUT2D eigenvalue weighted by molar-refractivity contribution is 9.10. The maximum absolute atomic E-state index is 11.5. The van der Waals surface area contributed by atoms with Crippen LogP contribution in [0.1, 0.15) is 44.5 Å². The molecule has 1 aromatic rings. The topological polar surface area (TPSA) is 58.4 Å². The standard InChI is InChI=1S/C15H24BrN3O2/c1-4-15(14(20)21)6-8-18(9-7-15)10-12-13(16)11(3)17-19(12)5-2/h4-10H2,1-3H3,(H,20,21). The largest absolute Gasteiger partial charge is 0.481 e. The Morgan fingerprint density at radius 1 is 1.38 bits per heavy atom. The van der Waals surface area contributed by atoms with E-state index in [-0.39, 0.29) is 0 Å². The summed E-state index contributed by atoms with van der Waals surface area (Å²) in [5.41, 5.74) is 1.68. The lowest BCUT2D eigenvalue weighted by atomic mass is 9.76. The van der Waals surface area contributed by atoms with Gasteiger partial charge < -0.3 is 5.11 Å². The molecule has 1 N–H and O–H groups in total. The predicted molar refractivity (Wildman–Crippen MR) is 85.2 cm³/mol. The molecule has 1 aliphatic rings. The summed E-state index contributed by atoms with van der Waals surface area (Å²) in [6.45, 7) is 9.42. The number of aromatic nitrogens is 2. The molecule has 0 amide bonds. The lowest BCUT2D eigenvalue weighted by molar-refractivity contribution is -0.152. The molecule has 0 aromatic carbocycles. The van der Waals surface area contributed by atoms with E-state index in [1.807, 2.05) is 18.5 Å². The van der Waals surface area contributed by atoms with E-state index in [1.54, 1.807) is 0 Å². The van der Waals surface area contributed by atoms with Crippen LogP contribution in [0.3, 0.4) is 0 Å². The number of hydrogen-bond donors (Lipinski definition) is 1. The third-order valence-corrected chi connectivity index (χ3v) is 5.80. The van der Waals surface area contributed by atoms with Crippen LogP contribution in [0.4, 0.5) is 0 Å². The zero-order chi connectivity index (χ0) is 15.6. The Morgan fingerprint density at radius 3 is 2.48 bits per heavy atom. The van der Waals surface area contributed by atoms with Gasteiger partial charge >= 0.3 is 5.97 Å². The van der Waals surface area contributed by atoms with Crippen LogP contribution in [0.5, 0.6) is 0 Å². The quantitative estimate of drug-likeness (QED) is 0.879. The molecule has 1 aromatic heterocycles. The number of carboxylic acids is 1. The Morgan fingerprint density at radius 2 is 2.00 bits per heavy atom. The number of likely N-dealkylation sites (tertiary alicyclic amines) is 1. The molecule has 118 valence electrons. The van der Waals surface area contributed by atoms with Gasteiger partial charge in [-0.1, -0.05) is 6.92 Å². The fraction of sp³-hybridized carbons (Fsp3) is 0.733. The molecule has 0 aliphatic carbocycles. The van der Waals surface area contributed by atoms with Crippen molar-refractivity contribution < 1.29 is 9.90 Å². The minimum atomic E-state index is -0.639. The minimum absolute atomic E-state index is 0.519. The van der Waals surface area contributed by atoms with E-state index in [0.29, 0.717) is 6.42 Å². The summed E-state index contributed by atoms with van der Waals surface area (Å²) in [5.74, 6) is -0.639. The summed E-state index contributed by atoms with van der Waals surface area (Å²) in [7, 11) is 0. The molecule has 0 unspecified atom stereocenters. The zero-order valence-corrected chi connectivity index (χ0v) is 14.6. The molecule has 0 saturated carbocycles. The van der Waals surface area contributed by atoms with Crippen LogP contribution < -0.4 is 0 Å². The molecule has 0 radical (unpaired) electrons. The lowest BCUT2D eigenvalue weighted by Gasteiger charge is -2.38. The Hall–Kier alpha value is -0.880. The Kier molecular flexibility index (Phi) is 5.09. The molecule has 5 nitrogen and oxygen atoms in total. The number of carbonyl (C=O) groups is 1. The van der Waals surface area contributed by atoms with Gasteiger partial charge in [-0.2, -0.15) is 5.10 Å². The van der Waals surface area contributed by atoms with Gasteiger partial charge in [-0.3, -0.25) is 14.4 Å². The van der Waals surface area contributed by atoms with Crippen LogP contribution >= 0.6 is 15.9 Å². The van der Waals surface area contributed by atoms with E-state index in [4.69, 9.17) is 0 Å². The first-order valence-electron chi connectivity index (χ1n) is 7.61. The first-order valence-corrected chi connectivity index (χ1v) is 8.40. The fourth-order valence-corrected chi connectivity index (χ4v) is 3.50. The first-order chi connectivity index (χ1) is 9.93. The van der Waals surface area contributed by atoms with Crippen molar-refractivity contribution in [2.75, 3.05) is 13.1 Å². The second-order valence-corrected chi connectivity index (χ2v) is 6.67. The van der Waals surface area contributed by atoms with E-state index in [0.717, 1.165) is 49.2 Å². The highest BCUT2D eigenvalue weighted by Gasteiger charge is 2.39. The maximum Gasteiger partial charge on any atom is 0.309 e. The van der Waals surface area contributed by atoms with Gasteiger partial charge in [-0.25, -0.2) is 0 Å². The summed E-state index contributed by atoms with van der Waals surface area (Å²) in [4.78, 5) is 13.8. The smallest absolute Gasteiger partial charge is 0.309 e. The average molecular weight is 358 g/mol. The number of aliphatic carboxylic acids is 1. The number of aryl methyl sites for hydroxylation is 2. The van der Waals surface area contributed by atoms with Crippen LogP contribution in [-0.4, -0.2) is 38.8 Å². The predicted octanol–water partition coefficient (Wildman–Crippen LogP) is 3.05. The van der Waals surface area contributed by atoms with Gasteiger partial charge in [0.1, 0.15) is 0 Å². The maximum atomic E-state index is 11.5. The lowest BCUT2D eigenvalue weighted by Crippen LogP contribution is -2.44. The van der Waals surface area contributed by atoms with Crippen molar-refractivity contribution in [3.05, 3.63) is 15.9 Å². The second-order valence-electron chi connectivity index (χ2n) is 5.88. The fourth-order valence-electron chi connectivity index (χ4n) is 3.09. The number of halogens is 1. The highest BCUT2D eigenvalue weighted by atomic mass is 79.9. The molecular weight excluding hydrogens is 334 g/mol. The summed E-state index contributed by atoms with van der Waals surface area (Å²) in [6.07, 6.45) is 2.18. The van der Waals surface area contributed by atoms with Crippen LogP contribution in [0.25, 0.3) is 0 Å². The third kappa shape index (κ3) is 3.16. The molecule has 1 aliphatic heterocycles. The van der Waals surface area contributed by atoms with Gasteiger partial charge in [-0.15, -0.1) is 0 Å². The van der Waals surface area contributed by atoms with E-state index in [1.165, 1.54) is 5.69 Å². The van der Waals surface area contributed by atoms with Crippen molar-refractivity contribution in [2.45, 2.75) is 53.1 Å². The van der Waals surface area contributed by atoms with Crippen LogP contribution in [-0.2, 0) is 17.9 Å². The summed E-state index contributed by atoms with van der Waals surface area (Å²) in [5, 5.41) is 14.0. The number of piperidine rings is 1. The van der Waals surface area contributed by atoms with Gasteiger partial charge in [0.25, 0.3) is 0 Å². The summed E-state index contributed by atoms with van der Waals surface area (Å²) >= 11 is 3.62. The molecule has 0 atom stereocenters. The Bertz CT molecular complexity index is 519. The zero-order valence-electron chi connectivity index (χ0n) is 13.0. The number of hydrogen-bond acceptors (Lipinski definition) is 3. The molecule has 0 bridgehead atoms. The van der Waals surface area contributed by atoms with Gasteiger partial charge in [0.2, 0.25) is 0 Å². The van der Waals surface area contributed by atoms with Crippen molar-refractivity contribution in [1.29, 1.82) is 0 Å². The van der Waals surface area contributed by atoms with Gasteiger partial charge in [0.05, 0.1) is 21.3 Å². The van der Waals surface area contributed by atoms with Crippen molar-refractivity contribution in [1.82, 2.24) is 14.7 Å². The second kappa shape index (κ2) is 6.48. The van der Waals surface area contributed by atoms with E-state index < -0.39 is 11.4 Å². The van der Waals surface area contributed by atoms with E-state index in [9.17, 15) is 9.90 Å². The molecule has 2 rings (SSSR count). The number of nitrogens with zero attached hydrogens (tertiary/aromatic N) is 3. The number of rotatable bonds is 5. The van der Waals surface area contributed by atoms with Gasteiger partial charge in [0.15, 0.2) is 0 Å². The first kappa shape index (κ1) is 16.5. The normalized spacial score (nSPS) is 18.9. The Balaban J connectivity index is 2.06. The average Bonchev–Trinajstić information content (AvgIpc) is 2.75. The molecule has 0 spiro atoms. The molecule has 1 fully saturated rings. The summed E-state index contributed by atoms with van der Waals surface area (Å²) < 4.78 is 3.10. The summed E-state index contributed by atoms with van der Waals surface area (Å²) in [6, 6.07) is 0. The number of carboxylic acid groups (broad SMARTS) is 1. The molecule has 1 saturated heterocycles. The minimum Gasteiger partial charge on any atom is -0.481 e. The molecular formula is C15H24BrN3O2. The molecule has 21 heavy (non-hydrogen) atoms. The van der Waals surface area contributed by atoms with Crippen LogP contribution in [0.2, 0.25) is 0 Å². The monoisotopic (exact) mass is 357 g/mol. The molecule has 2 heterocycles. The van der Waals surface area contributed by atoms with Crippen LogP contribution in [0.15, 0.2) is 4.47 Å². The van der Waals surface area contributed by atoms with E-state index in [2.05, 4.69) is 32.9 Å². The van der Waals surface area contributed by atoms with Crippen LogP contribution in [0, 0.1) is 12.3 Å². The third-order valence-electron chi connectivity index (χ3n) is 4.77. The van der Waals surface area contributed by atoms with Gasteiger partial charge in [0, 0.05) is 13.1 Å². The van der Waals surface area contributed by atoms with Crippen molar-refractivity contribution in [3.63, 3.8) is 0 Å². The van der Waals surface area contributed by atoms with Crippen molar-refractivity contribution >= 4 is 21.9 Å². The highest BCUT2D eigenvalue weighted by Crippen LogP contribution is 2.36. The Labute approximate surface area is 134 Å². The van der Waals surface area contributed by atoms with E-state index >= 15 is 0 Å². The van der Waals surface area contributed by atoms with Gasteiger partial charge in [-0.05, 0) is 62.1 Å². The SMILES string of the molecule is CCn1nc(C)c(Br)c1CN1CCC(CC)(C(=O)O)CC1. The van der Waals surface area contributed by atoms with Crippen molar-refractivity contribution in [2.24, 2.45) is 5.41 Å². The van der Waals surface area contributed by atoms with Crippen molar-refractivity contribution in [3.8, 4) is 0 Å². The molecule has 6 heteroatoms.